The van der Waals surface area contributed by atoms with Crippen molar-refractivity contribution in [3.8, 4) is 0 Å². The minimum absolute atomic E-state index is 0.198. The maximum atomic E-state index is 13.7. The fourth-order valence-electron chi connectivity index (χ4n) is 3.93. The van der Waals surface area contributed by atoms with Gasteiger partial charge in [0.1, 0.15) is 17.7 Å². The molecule has 0 aromatic heterocycles. The van der Waals surface area contributed by atoms with Gasteiger partial charge in [-0.3, -0.25) is 9.59 Å². The summed E-state index contributed by atoms with van der Waals surface area (Å²) in [5.74, 6) is -0.498. The van der Waals surface area contributed by atoms with Gasteiger partial charge in [-0.05, 0) is 53.0 Å². The van der Waals surface area contributed by atoms with Crippen LogP contribution in [0.15, 0.2) is 24.3 Å². The maximum Gasteiger partial charge on any atom is 0.408 e. The molecule has 0 radical (unpaired) electrons. The Morgan fingerprint density at radius 2 is 1.50 bits per heavy atom. The third kappa shape index (κ3) is 11.9. The van der Waals surface area contributed by atoms with Crippen LogP contribution in [0.25, 0.3) is 0 Å². The molecule has 204 valence electrons. The van der Waals surface area contributed by atoms with Crippen molar-refractivity contribution in [1.82, 2.24) is 15.5 Å². The SMILES string of the molecule is CCCCCCCCN(C(=O)C(C)NC(=O)OC(C)(C)C)C(C(=O)NCCCC)c1ccc(C)cc1. The summed E-state index contributed by atoms with van der Waals surface area (Å²) in [5.41, 5.74) is 1.17. The predicted molar refractivity (Wildman–Crippen MR) is 146 cm³/mol. The van der Waals surface area contributed by atoms with Crippen molar-refractivity contribution in [2.24, 2.45) is 0 Å². The standard InChI is InChI=1S/C29H49N3O4/c1-8-10-12-13-14-15-21-32(27(34)23(4)31-28(35)36-29(5,6)7)25(26(33)30-20-11-9-2)24-18-16-22(3)17-19-24/h16-19,23,25H,8-15,20-21H2,1-7H3,(H,30,33)(H,31,35). The van der Waals surface area contributed by atoms with E-state index >= 15 is 0 Å². The molecule has 36 heavy (non-hydrogen) atoms. The number of carbonyl (C=O) groups is 3. The fraction of sp³-hybridized carbons (Fsp3) is 0.690. The van der Waals surface area contributed by atoms with Gasteiger partial charge < -0.3 is 20.3 Å². The zero-order chi connectivity index (χ0) is 27.1. The van der Waals surface area contributed by atoms with E-state index in [1.807, 2.05) is 31.2 Å². The maximum absolute atomic E-state index is 13.7. The van der Waals surface area contributed by atoms with Gasteiger partial charge in [-0.25, -0.2) is 4.79 Å². The molecular formula is C29H49N3O4. The normalized spacial score (nSPS) is 13.0. The lowest BCUT2D eigenvalue weighted by Crippen LogP contribution is -2.52. The van der Waals surface area contributed by atoms with Crippen LogP contribution in [0, 0.1) is 6.92 Å². The topological polar surface area (TPSA) is 87.7 Å². The van der Waals surface area contributed by atoms with Crippen LogP contribution >= 0.6 is 0 Å². The molecule has 2 atom stereocenters. The number of benzene rings is 1. The molecule has 0 heterocycles. The molecule has 0 spiro atoms. The first-order valence-corrected chi connectivity index (χ1v) is 13.6. The molecule has 2 unspecified atom stereocenters. The van der Waals surface area contributed by atoms with Crippen molar-refractivity contribution in [2.45, 2.75) is 118 Å². The van der Waals surface area contributed by atoms with E-state index in [-0.39, 0.29) is 11.8 Å². The Hall–Kier alpha value is -2.57. The zero-order valence-corrected chi connectivity index (χ0v) is 23.6. The average Bonchev–Trinajstić information content (AvgIpc) is 2.79. The van der Waals surface area contributed by atoms with Gasteiger partial charge in [0, 0.05) is 13.1 Å². The summed E-state index contributed by atoms with van der Waals surface area (Å²) in [4.78, 5) is 41.1. The second-order valence-corrected chi connectivity index (χ2v) is 10.6. The lowest BCUT2D eigenvalue weighted by molar-refractivity contribution is -0.142. The highest BCUT2D eigenvalue weighted by molar-refractivity contribution is 5.92. The first kappa shape index (κ1) is 31.5. The third-order valence-corrected chi connectivity index (χ3v) is 5.92. The molecular weight excluding hydrogens is 454 g/mol. The fourth-order valence-corrected chi connectivity index (χ4v) is 3.93. The van der Waals surface area contributed by atoms with Gasteiger partial charge in [-0.2, -0.15) is 0 Å². The van der Waals surface area contributed by atoms with Crippen molar-refractivity contribution in [2.75, 3.05) is 13.1 Å². The molecule has 7 nitrogen and oxygen atoms in total. The van der Waals surface area contributed by atoms with Gasteiger partial charge >= 0.3 is 6.09 Å². The summed E-state index contributed by atoms with van der Waals surface area (Å²) < 4.78 is 5.35. The minimum Gasteiger partial charge on any atom is -0.444 e. The predicted octanol–water partition coefficient (Wildman–Crippen LogP) is 6.05. The van der Waals surface area contributed by atoms with Crippen LogP contribution in [0.2, 0.25) is 0 Å². The average molecular weight is 504 g/mol. The Kier molecular flexibility index (Phi) is 14.2. The lowest BCUT2D eigenvalue weighted by Gasteiger charge is -2.34. The van der Waals surface area contributed by atoms with Crippen LogP contribution in [0.4, 0.5) is 4.79 Å². The molecule has 1 aromatic rings. The van der Waals surface area contributed by atoms with Crippen LogP contribution in [0.1, 0.15) is 110 Å². The number of hydrogen-bond donors (Lipinski definition) is 2. The van der Waals surface area contributed by atoms with E-state index in [4.69, 9.17) is 4.74 Å². The molecule has 0 aliphatic rings. The summed E-state index contributed by atoms with van der Waals surface area (Å²) in [7, 11) is 0. The molecule has 1 rings (SSSR count). The van der Waals surface area contributed by atoms with Gasteiger partial charge in [-0.15, -0.1) is 0 Å². The summed E-state index contributed by atoms with van der Waals surface area (Å²) in [6, 6.07) is 6.12. The van der Waals surface area contributed by atoms with Crippen molar-refractivity contribution < 1.29 is 19.1 Å². The van der Waals surface area contributed by atoms with E-state index in [9.17, 15) is 14.4 Å². The van der Waals surface area contributed by atoms with Gasteiger partial charge in [0.25, 0.3) is 0 Å². The summed E-state index contributed by atoms with van der Waals surface area (Å²) in [5, 5.41) is 5.67. The molecule has 0 fully saturated rings. The van der Waals surface area contributed by atoms with E-state index in [0.29, 0.717) is 13.1 Å². The molecule has 0 bridgehead atoms. The second kappa shape index (κ2) is 16.2. The van der Waals surface area contributed by atoms with Crippen LogP contribution in [0.3, 0.4) is 0 Å². The van der Waals surface area contributed by atoms with Crippen LogP contribution < -0.4 is 10.6 Å². The van der Waals surface area contributed by atoms with Gasteiger partial charge in [0.05, 0.1) is 0 Å². The number of nitrogens with zero attached hydrogens (tertiary/aromatic N) is 1. The number of carbonyl (C=O) groups excluding carboxylic acids is 3. The molecule has 0 aliphatic carbocycles. The first-order valence-electron chi connectivity index (χ1n) is 13.6. The largest absolute Gasteiger partial charge is 0.444 e. The first-order chi connectivity index (χ1) is 17.0. The minimum atomic E-state index is -0.837. The molecule has 0 aliphatic heterocycles. The van der Waals surface area contributed by atoms with Crippen LogP contribution in [0.5, 0.6) is 0 Å². The summed E-state index contributed by atoms with van der Waals surface area (Å²) in [6.45, 7) is 14.2. The van der Waals surface area contributed by atoms with E-state index in [1.54, 1.807) is 32.6 Å². The van der Waals surface area contributed by atoms with E-state index in [2.05, 4.69) is 24.5 Å². The van der Waals surface area contributed by atoms with Crippen molar-refractivity contribution >= 4 is 17.9 Å². The van der Waals surface area contributed by atoms with Crippen molar-refractivity contribution in [1.29, 1.82) is 0 Å². The molecule has 2 N–H and O–H groups in total. The van der Waals surface area contributed by atoms with Crippen molar-refractivity contribution in [3.63, 3.8) is 0 Å². The summed E-state index contributed by atoms with van der Waals surface area (Å²) >= 11 is 0. The zero-order valence-electron chi connectivity index (χ0n) is 23.6. The number of rotatable bonds is 15. The molecule has 0 saturated carbocycles. The molecule has 3 amide bonds. The highest BCUT2D eigenvalue weighted by atomic mass is 16.6. The highest BCUT2D eigenvalue weighted by Crippen LogP contribution is 2.24. The van der Waals surface area contributed by atoms with Crippen LogP contribution in [-0.4, -0.2) is 47.5 Å². The third-order valence-electron chi connectivity index (χ3n) is 5.92. The Balaban J connectivity index is 3.19. The quantitative estimate of drug-likeness (QED) is 0.285. The highest BCUT2D eigenvalue weighted by Gasteiger charge is 2.34. The van der Waals surface area contributed by atoms with Crippen LogP contribution in [-0.2, 0) is 14.3 Å². The number of nitrogens with one attached hydrogen (secondary N) is 2. The van der Waals surface area contributed by atoms with Gasteiger partial charge in [0.15, 0.2) is 0 Å². The van der Waals surface area contributed by atoms with E-state index in [1.165, 1.54) is 19.3 Å². The number of ether oxygens (including phenoxy) is 1. The monoisotopic (exact) mass is 503 g/mol. The van der Waals surface area contributed by atoms with Gasteiger partial charge in [-0.1, -0.05) is 82.2 Å². The smallest absolute Gasteiger partial charge is 0.408 e. The molecule has 7 heteroatoms. The number of amides is 3. The number of aryl methyl sites for hydroxylation is 1. The number of hydrogen-bond acceptors (Lipinski definition) is 4. The Bertz CT molecular complexity index is 802. The molecule has 1 aromatic carbocycles. The van der Waals surface area contributed by atoms with Gasteiger partial charge in [0.2, 0.25) is 11.8 Å². The van der Waals surface area contributed by atoms with Crippen molar-refractivity contribution in [3.05, 3.63) is 35.4 Å². The molecule has 0 saturated heterocycles. The second-order valence-electron chi connectivity index (χ2n) is 10.6. The summed E-state index contributed by atoms with van der Waals surface area (Å²) in [6.07, 6.45) is 7.59. The lowest BCUT2D eigenvalue weighted by atomic mass is 10.0. The Morgan fingerprint density at radius 1 is 0.917 bits per heavy atom. The Morgan fingerprint density at radius 3 is 2.08 bits per heavy atom. The van der Waals surface area contributed by atoms with E-state index in [0.717, 1.165) is 43.2 Å². The Labute approximate surface area is 218 Å². The van der Waals surface area contributed by atoms with E-state index < -0.39 is 23.8 Å². The number of unbranched alkanes of at least 4 members (excludes halogenated alkanes) is 6. The number of alkyl carbamates (subject to hydrolysis) is 1.